The van der Waals surface area contributed by atoms with E-state index in [1.54, 1.807) is 0 Å². The summed E-state index contributed by atoms with van der Waals surface area (Å²) in [5.41, 5.74) is 0.496. The first-order valence-electron chi connectivity index (χ1n) is 7.21. The zero-order chi connectivity index (χ0) is 11.2. The monoisotopic (exact) mass is 222 g/mol. The normalized spacial score (nSPS) is 35.1. The van der Waals surface area contributed by atoms with Crippen LogP contribution < -0.4 is 5.32 Å². The first-order valence-corrected chi connectivity index (χ1v) is 7.21. The van der Waals surface area contributed by atoms with Crippen LogP contribution in [-0.2, 0) is 0 Å². The molecule has 2 aliphatic carbocycles. The lowest BCUT2D eigenvalue weighted by Crippen LogP contribution is -2.65. The van der Waals surface area contributed by atoms with E-state index in [0.717, 1.165) is 18.0 Å². The van der Waals surface area contributed by atoms with Crippen LogP contribution in [0.1, 0.15) is 52.4 Å². The number of piperazine rings is 1. The number of nitrogens with zero attached hydrogens (tertiary/aromatic N) is 1. The van der Waals surface area contributed by atoms with Crippen molar-refractivity contribution in [3.63, 3.8) is 0 Å². The van der Waals surface area contributed by atoms with Crippen molar-refractivity contribution in [2.24, 2.45) is 5.92 Å². The van der Waals surface area contributed by atoms with Crippen molar-refractivity contribution < 1.29 is 0 Å². The number of hydrogen-bond acceptors (Lipinski definition) is 2. The Balaban J connectivity index is 1.72. The van der Waals surface area contributed by atoms with Gasteiger partial charge in [-0.25, -0.2) is 0 Å². The van der Waals surface area contributed by atoms with Crippen LogP contribution in [0.3, 0.4) is 0 Å². The smallest absolute Gasteiger partial charge is 0.0309 e. The molecule has 0 aromatic carbocycles. The second-order valence-electron chi connectivity index (χ2n) is 6.54. The van der Waals surface area contributed by atoms with Gasteiger partial charge in [-0.1, -0.05) is 12.8 Å². The zero-order valence-electron chi connectivity index (χ0n) is 10.8. The predicted molar refractivity (Wildman–Crippen MR) is 67.6 cm³/mol. The van der Waals surface area contributed by atoms with E-state index in [1.807, 2.05) is 0 Å². The molecule has 1 spiro atoms. The molecule has 0 radical (unpaired) electrons. The highest BCUT2D eigenvalue weighted by Gasteiger charge is 2.45. The molecule has 3 rings (SSSR count). The fourth-order valence-corrected chi connectivity index (χ4v) is 3.83. The Morgan fingerprint density at radius 2 is 1.88 bits per heavy atom. The molecule has 3 aliphatic rings. The second-order valence-corrected chi connectivity index (χ2v) is 6.54. The van der Waals surface area contributed by atoms with Gasteiger partial charge >= 0.3 is 0 Å². The van der Waals surface area contributed by atoms with Gasteiger partial charge < -0.3 is 5.32 Å². The Kier molecular flexibility index (Phi) is 2.75. The predicted octanol–water partition coefficient (Wildman–Crippen LogP) is 2.39. The van der Waals surface area contributed by atoms with Gasteiger partial charge in [-0.3, -0.25) is 4.90 Å². The first kappa shape index (κ1) is 11.0. The summed E-state index contributed by atoms with van der Waals surface area (Å²) in [4.78, 5) is 2.81. The molecule has 2 heteroatoms. The van der Waals surface area contributed by atoms with E-state index in [0.29, 0.717) is 5.54 Å². The van der Waals surface area contributed by atoms with Crippen molar-refractivity contribution in [2.45, 2.75) is 70.0 Å². The van der Waals surface area contributed by atoms with Gasteiger partial charge in [-0.15, -0.1) is 0 Å². The fraction of sp³-hybridized carbons (Fsp3) is 1.00. The third-order valence-corrected chi connectivity index (χ3v) is 4.99. The van der Waals surface area contributed by atoms with Crippen LogP contribution in [0.2, 0.25) is 0 Å². The van der Waals surface area contributed by atoms with Gasteiger partial charge in [-0.05, 0) is 45.4 Å². The molecular weight excluding hydrogens is 196 g/mol. The van der Waals surface area contributed by atoms with Crippen molar-refractivity contribution in [1.29, 1.82) is 0 Å². The highest BCUT2D eigenvalue weighted by molar-refractivity contribution is 5.04. The summed E-state index contributed by atoms with van der Waals surface area (Å²) in [5.74, 6) is 1.01. The van der Waals surface area contributed by atoms with E-state index < -0.39 is 0 Å². The molecule has 16 heavy (non-hydrogen) atoms. The molecule has 1 N–H and O–H groups in total. The van der Waals surface area contributed by atoms with Gasteiger partial charge in [0.15, 0.2) is 0 Å². The Bertz CT molecular complexity index is 251. The Labute approximate surface area is 99.8 Å². The van der Waals surface area contributed by atoms with E-state index >= 15 is 0 Å². The van der Waals surface area contributed by atoms with E-state index in [2.05, 4.69) is 24.1 Å². The summed E-state index contributed by atoms with van der Waals surface area (Å²) in [6.45, 7) is 7.32. The molecular formula is C14H26N2. The lowest BCUT2D eigenvalue weighted by Gasteiger charge is -2.48. The lowest BCUT2D eigenvalue weighted by atomic mass is 9.90. The van der Waals surface area contributed by atoms with Gasteiger partial charge in [0.2, 0.25) is 0 Å². The molecule has 2 nitrogen and oxygen atoms in total. The number of rotatable bonds is 2. The maximum absolute atomic E-state index is 3.91. The van der Waals surface area contributed by atoms with E-state index in [-0.39, 0.29) is 0 Å². The molecule has 3 fully saturated rings. The van der Waals surface area contributed by atoms with Crippen LogP contribution in [0.4, 0.5) is 0 Å². The Hall–Kier alpha value is -0.0800. The molecule has 2 saturated carbocycles. The van der Waals surface area contributed by atoms with E-state index in [4.69, 9.17) is 0 Å². The summed E-state index contributed by atoms with van der Waals surface area (Å²) in [6, 6.07) is 1.57. The molecule has 0 bridgehead atoms. The van der Waals surface area contributed by atoms with E-state index in [9.17, 15) is 0 Å². The van der Waals surface area contributed by atoms with Crippen LogP contribution >= 0.6 is 0 Å². The topological polar surface area (TPSA) is 15.3 Å². The molecule has 1 unspecified atom stereocenters. The van der Waals surface area contributed by atoms with Crippen molar-refractivity contribution in [1.82, 2.24) is 10.2 Å². The van der Waals surface area contributed by atoms with Crippen LogP contribution in [0.25, 0.3) is 0 Å². The number of nitrogens with one attached hydrogen (secondary N) is 1. The second kappa shape index (κ2) is 3.99. The first-order chi connectivity index (χ1) is 7.70. The van der Waals surface area contributed by atoms with E-state index in [1.165, 1.54) is 51.6 Å². The standard InChI is InChI=1S/C14H26N2/c1-11(2)16-10-14(7-3-4-8-14)15-9-13(16)12-5-6-12/h11-13,15H,3-10H2,1-2H3. The molecule has 1 atom stereocenters. The van der Waals surface area contributed by atoms with Crippen molar-refractivity contribution in [2.75, 3.05) is 13.1 Å². The molecule has 0 aromatic heterocycles. The van der Waals surface area contributed by atoms with Gasteiger partial charge in [-0.2, -0.15) is 0 Å². The minimum atomic E-state index is 0.496. The summed E-state index contributed by atoms with van der Waals surface area (Å²) in [5, 5.41) is 3.91. The highest BCUT2D eigenvalue weighted by atomic mass is 15.3. The zero-order valence-corrected chi connectivity index (χ0v) is 10.8. The van der Waals surface area contributed by atoms with Crippen molar-refractivity contribution >= 4 is 0 Å². The molecule has 0 aromatic rings. The van der Waals surface area contributed by atoms with Crippen LogP contribution in [0, 0.1) is 5.92 Å². The minimum Gasteiger partial charge on any atom is -0.308 e. The third kappa shape index (κ3) is 1.91. The van der Waals surface area contributed by atoms with Crippen LogP contribution in [0.15, 0.2) is 0 Å². The van der Waals surface area contributed by atoms with Gasteiger partial charge in [0.1, 0.15) is 0 Å². The van der Waals surface area contributed by atoms with Gasteiger partial charge in [0.05, 0.1) is 0 Å². The summed E-state index contributed by atoms with van der Waals surface area (Å²) in [6.07, 6.45) is 8.65. The molecule has 1 aliphatic heterocycles. The molecule has 1 heterocycles. The molecule has 92 valence electrons. The fourth-order valence-electron chi connectivity index (χ4n) is 3.83. The third-order valence-electron chi connectivity index (χ3n) is 4.99. The summed E-state index contributed by atoms with van der Waals surface area (Å²) < 4.78 is 0. The van der Waals surface area contributed by atoms with Crippen molar-refractivity contribution in [3.05, 3.63) is 0 Å². The maximum atomic E-state index is 3.91. The summed E-state index contributed by atoms with van der Waals surface area (Å²) >= 11 is 0. The Morgan fingerprint density at radius 3 is 2.44 bits per heavy atom. The Morgan fingerprint density at radius 1 is 1.19 bits per heavy atom. The SMILES string of the molecule is CC(C)N1CC2(CCCC2)NCC1C1CC1. The highest BCUT2D eigenvalue weighted by Crippen LogP contribution is 2.41. The maximum Gasteiger partial charge on any atom is 0.0309 e. The average molecular weight is 222 g/mol. The molecule has 0 amide bonds. The average Bonchev–Trinajstić information content (AvgIpc) is 3.01. The number of hydrogen-bond donors (Lipinski definition) is 1. The largest absolute Gasteiger partial charge is 0.308 e. The van der Waals surface area contributed by atoms with Crippen LogP contribution in [0.5, 0.6) is 0 Å². The van der Waals surface area contributed by atoms with Crippen molar-refractivity contribution in [3.8, 4) is 0 Å². The van der Waals surface area contributed by atoms with Crippen LogP contribution in [-0.4, -0.2) is 35.6 Å². The van der Waals surface area contributed by atoms with Gasteiger partial charge in [0.25, 0.3) is 0 Å². The van der Waals surface area contributed by atoms with Gasteiger partial charge in [0, 0.05) is 30.7 Å². The molecule has 1 saturated heterocycles. The summed E-state index contributed by atoms with van der Waals surface area (Å²) in [7, 11) is 0. The lowest BCUT2D eigenvalue weighted by molar-refractivity contribution is 0.0442. The quantitative estimate of drug-likeness (QED) is 0.772. The minimum absolute atomic E-state index is 0.496.